The average molecular weight is 349 g/mol. The third-order valence-corrected chi connectivity index (χ3v) is 5.52. The van der Waals surface area contributed by atoms with Crippen molar-refractivity contribution in [3.05, 3.63) is 76.1 Å². The molecule has 0 aromatic heterocycles. The number of anilines is 1. The van der Waals surface area contributed by atoms with Gasteiger partial charge in [-0.05, 0) is 68.4 Å². The largest absolute Gasteiger partial charge is 0.351 e. The fraction of sp³-hybridized carbons (Fsp3) is 0.417. The van der Waals surface area contributed by atoms with Gasteiger partial charge in [-0.25, -0.2) is 0 Å². The van der Waals surface area contributed by atoms with Crippen LogP contribution in [0.3, 0.4) is 0 Å². The number of hydrogen-bond donors (Lipinski definition) is 0. The fourth-order valence-corrected chi connectivity index (χ4v) is 4.41. The second-order valence-electron chi connectivity index (χ2n) is 8.15. The Morgan fingerprint density at radius 2 is 1.42 bits per heavy atom. The van der Waals surface area contributed by atoms with Crippen LogP contribution in [-0.4, -0.2) is 11.1 Å². The van der Waals surface area contributed by atoms with Crippen molar-refractivity contribution < 1.29 is 0 Å². The average Bonchev–Trinajstić information content (AvgIpc) is 2.94. The van der Waals surface area contributed by atoms with Crippen LogP contribution in [-0.2, 0) is 6.54 Å². The zero-order chi connectivity index (χ0) is 19.0. The van der Waals surface area contributed by atoms with Crippen LogP contribution >= 0.6 is 0 Å². The maximum atomic E-state index is 2.50. The van der Waals surface area contributed by atoms with Crippen LogP contribution in [0.1, 0.15) is 47.2 Å². The zero-order valence-electron chi connectivity index (χ0n) is 17.3. The van der Waals surface area contributed by atoms with E-state index in [1.165, 1.54) is 39.1 Å². The van der Waals surface area contributed by atoms with Crippen LogP contribution in [0, 0.1) is 40.5 Å². The Morgan fingerprint density at radius 3 is 1.96 bits per heavy atom. The molecule has 138 valence electrons. The van der Waals surface area contributed by atoms with E-state index in [9.17, 15) is 0 Å². The Hall–Kier alpha value is -2.22. The molecule has 0 bridgehead atoms. The molecule has 0 spiro atoms. The molecule has 1 aliphatic rings. The van der Waals surface area contributed by atoms with Crippen molar-refractivity contribution in [3.63, 3.8) is 0 Å². The number of nitrogens with zero attached hydrogens (tertiary/aromatic N) is 2. The van der Waals surface area contributed by atoms with Gasteiger partial charge in [-0.1, -0.05) is 49.7 Å². The smallest absolute Gasteiger partial charge is 0.108 e. The van der Waals surface area contributed by atoms with Gasteiger partial charge in [0.15, 0.2) is 0 Å². The molecule has 2 heteroatoms. The monoisotopic (exact) mass is 348 g/mol. The summed E-state index contributed by atoms with van der Waals surface area (Å²) in [6, 6.07) is 11.2. The molecule has 2 aromatic carbocycles. The summed E-state index contributed by atoms with van der Waals surface area (Å²) in [4.78, 5) is 4.97. The molecule has 0 saturated heterocycles. The number of benzene rings is 2. The van der Waals surface area contributed by atoms with Crippen molar-refractivity contribution in [1.82, 2.24) is 4.90 Å². The maximum Gasteiger partial charge on any atom is 0.108 e. The first-order valence-corrected chi connectivity index (χ1v) is 9.65. The van der Waals surface area contributed by atoms with Crippen molar-refractivity contribution in [2.24, 2.45) is 5.92 Å². The minimum absolute atomic E-state index is 0.343. The first kappa shape index (κ1) is 18.6. The summed E-state index contributed by atoms with van der Waals surface area (Å²) in [5, 5.41) is 0. The standard InChI is InChI=1S/C24H32N2/c1-16(2)24-25(15-22-20(6)13-17(3)14-21(22)7)11-12-26(24)23-18(4)9-8-10-19(23)5/h8-14,16,24H,15H2,1-7H3. The normalized spacial score (nSPS) is 16.8. The lowest BCUT2D eigenvalue weighted by Crippen LogP contribution is -2.43. The predicted octanol–water partition coefficient (Wildman–Crippen LogP) is 6.00. The molecule has 3 rings (SSSR count). The van der Waals surface area contributed by atoms with Gasteiger partial charge in [0.2, 0.25) is 0 Å². The molecule has 1 aliphatic heterocycles. The first-order chi connectivity index (χ1) is 12.3. The van der Waals surface area contributed by atoms with Crippen molar-refractivity contribution in [1.29, 1.82) is 0 Å². The molecule has 0 N–H and O–H groups in total. The third-order valence-electron chi connectivity index (χ3n) is 5.52. The second-order valence-corrected chi connectivity index (χ2v) is 8.15. The third kappa shape index (κ3) is 3.38. The summed E-state index contributed by atoms with van der Waals surface area (Å²) in [5.74, 6) is 0.523. The van der Waals surface area contributed by atoms with Gasteiger partial charge in [0.1, 0.15) is 6.17 Å². The zero-order valence-corrected chi connectivity index (χ0v) is 17.3. The highest BCUT2D eigenvalue weighted by Crippen LogP contribution is 2.35. The Labute approximate surface area is 159 Å². The molecule has 0 radical (unpaired) electrons. The molecule has 0 fully saturated rings. The molecule has 1 unspecified atom stereocenters. The van der Waals surface area contributed by atoms with Crippen molar-refractivity contribution in [2.45, 2.75) is 61.2 Å². The van der Waals surface area contributed by atoms with E-state index in [1.807, 2.05) is 0 Å². The molecule has 1 heterocycles. The number of hydrogen-bond acceptors (Lipinski definition) is 2. The van der Waals surface area contributed by atoms with E-state index in [4.69, 9.17) is 0 Å². The van der Waals surface area contributed by atoms with Crippen LogP contribution < -0.4 is 4.90 Å². The minimum Gasteiger partial charge on any atom is -0.351 e. The highest BCUT2D eigenvalue weighted by molar-refractivity contribution is 5.62. The van der Waals surface area contributed by atoms with Crippen LogP contribution in [0.5, 0.6) is 0 Å². The molecule has 0 amide bonds. The van der Waals surface area contributed by atoms with E-state index in [0.29, 0.717) is 12.1 Å². The minimum atomic E-state index is 0.343. The van der Waals surface area contributed by atoms with Gasteiger partial charge in [0.25, 0.3) is 0 Å². The Balaban J connectivity index is 1.95. The van der Waals surface area contributed by atoms with Crippen molar-refractivity contribution in [3.8, 4) is 0 Å². The number of aryl methyl sites for hydroxylation is 5. The van der Waals surface area contributed by atoms with Crippen LogP contribution in [0.25, 0.3) is 0 Å². The van der Waals surface area contributed by atoms with Gasteiger partial charge in [-0.3, -0.25) is 0 Å². The topological polar surface area (TPSA) is 6.48 Å². The Kier molecular flexibility index (Phi) is 5.13. The highest BCUT2D eigenvalue weighted by atomic mass is 15.4. The summed E-state index contributed by atoms with van der Waals surface area (Å²) in [6.45, 7) is 16.7. The molecular weight excluding hydrogens is 316 g/mol. The molecule has 2 aromatic rings. The van der Waals surface area contributed by atoms with E-state index in [2.05, 4.69) is 101 Å². The fourth-order valence-electron chi connectivity index (χ4n) is 4.41. The van der Waals surface area contributed by atoms with E-state index in [1.54, 1.807) is 0 Å². The van der Waals surface area contributed by atoms with Gasteiger partial charge in [0, 0.05) is 24.6 Å². The summed E-state index contributed by atoms with van der Waals surface area (Å²) in [6.07, 6.45) is 4.88. The lowest BCUT2D eigenvalue weighted by Gasteiger charge is -2.37. The molecule has 2 nitrogen and oxygen atoms in total. The molecule has 0 aliphatic carbocycles. The van der Waals surface area contributed by atoms with Crippen molar-refractivity contribution in [2.75, 3.05) is 4.90 Å². The molecular formula is C24H32N2. The number of para-hydroxylation sites is 1. The van der Waals surface area contributed by atoms with Gasteiger partial charge in [-0.15, -0.1) is 0 Å². The number of rotatable bonds is 4. The lowest BCUT2D eigenvalue weighted by molar-refractivity contribution is 0.234. The lowest BCUT2D eigenvalue weighted by atomic mass is 9.98. The summed E-state index contributed by atoms with van der Waals surface area (Å²) >= 11 is 0. The van der Waals surface area contributed by atoms with Gasteiger partial charge < -0.3 is 9.80 Å². The quantitative estimate of drug-likeness (QED) is 0.668. The van der Waals surface area contributed by atoms with Crippen molar-refractivity contribution >= 4 is 5.69 Å². The SMILES string of the molecule is Cc1cc(C)c(CN2C=CN(c3c(C)cccc3C)C2C(C)C)c(C)c1. The molecule has 26 heavy (non-hydrogen) atoms. The second kappa shape index (κ2) is 7.19. The van der Waals surface area contributed by atoms with Crippen LogP contribution in [0.15, 0.2) is 42.7 Å². The van der Waals surface area contributed by atoms with Crippen LogP contribution in [0.4, 0.5) is 5.69 Å². The Bertz CT molecular complexity index is 789. The molecule has 1 atom stereocenters. The van der Waals surface area contributed by atoms with E-state index >= 15 is 0 Å². The highest BCUT2D eigenvalue weighted by Gasteiger charge is 2.31. The van der Waals surface area contributed by atoms with Gasteiger partial charge in [-0.2, -0.15) is 0 Å². The van der Waals surface area contributed by atoms with Gasteiger partial charge >= 0.3 is 0 Å². The predicted molar refractivity (Wildman–Crippen MR) is 112 cm³/mol. The molecule has 0 saturated carbocycles. The maximum absolute atomic E-state index is 2.50. The first-order valence-electron chi connectivity index (χ1n) is 9.65. The summed E-state index contributed by atoms with van der Waals surface area (Å²) in [7, 11) is 0. The summed E-state index contributed by atoms with van der Waals surface area (Å²) in [5.41, 5.74) is 9.61. The van der Waals surface area contributed by atoms with Crippen LogP contribution in [0.2, 0.25) is 0 Å². The summed E-state index contributed by atoms with van der Waals surface area (Å²) < 4.78 is 0. The Morgan fingerprint density at radius 1 is 0.846 bits per heavy atom. The van der Waals surface area contributed by atoms with E-state index in [-0.39, 0.29) is 0 Å². The van der Waals surface area contributed by atoms with E-state index < -0.39 is 0 Å². The van der Waals surface area contributed by atoms with E-state index in [0.717, 1.165) is 6.54 Å². The van der Waals surface area contributed by atoms with Gasteiger partial charge in [0.05, 0.1) is 0 Å².